The van der Waals surface area contributed by atoms with Crippen molar-refractivity contribution in [3.05, 3.63) is 33.9 Å². The van der Waals surface area contributed by atoms with Crippen molar-refractivity contribution >= 4 is 40.5 Å². The van der Waals surface area contributed by atoms with Gasteiger partial charge in [-0.05, 0) is 24.4 Å². The zero-order valence-electron chi connectivity index (χ0n) is 6.56. The highest BCUT2D eigenvalue weighted by Gasteiger charge is 1.96. The van der Waals surface area contributed by atoms with Gasteiger partial charge in [0, 0.05) is 23.3 Å². The molecule has 2 nitrogen and oxygen atoms in total. The van der Waals surface area contributed by atoms with Crippen molar-refractivity contribution in [1.82, 2.24) is 9.97 Å². The average molecular weight is 275 g/mol. The van der Waals surface area contributed by atoms with Crippen LogP contribution in [0.25, 0.3) is 11.3 Å². The smallest absolute Gasteiger partial charge is 0.158 e. The van der Waals surface area contributed by atoms with Gasteiger partial charge in [-0.3, -0.25) is 4.98 Å². The molecule has 2 rings (SSSR count). The second-order valence-corrected chi connectivity index (χ2v) is 3.85. The summed E-state index contributed by atoms with van der Waals surface area (Å²) < 4.78 is 0.800. The first-order valence-electron chi connectivity index (χ1n) is 3.44. The number of rotatable bonds is 1. The monoisotopic (exact) mass is 274 g/mol. The van der Waals surface area contributed by atoms with Gasteiger partial charge < -0.3 is 4.98 Å². The number of aromatic nitrogens is 2. The zero-order valence-corrected chi connectivity index (χ0v) is 9.90. The predicted molar refractivity (Wildman–Crippen MR) is 63.1 cm³/mol. The number of hydrogen-bond donors (Lipinski definition) is 1. The molecule has 2 aromatic rings. The highest BCUT2D eigenvalue weighted by molar-refractivity contribution is 8.93. The molecule has 0 fully saturated rings. The Bertz CT molecular complexity index is 421. The van der Waals surface area contributed by atoms with Crippen molar-refractivity contribution in [3.8, 4) is 11.3 Å². The molecular formula is C8H7BrN2S2. The highest BCUT2D eigenvalue weighted by Crippen LogP contribution is 2.17. The molecule has 2 aromatic heterocycles. The van der Waals surface area contributed by atoms with E-state index in [-0.39, 0.29) is 17.0 Å². The van der Waals surface area contributed by atoms with E-state index < -0.39 is 0 Å². The first-order chi connectivity index (χ1) is 5.86. The van der Waals surface area contributed by atoms with Crippen molar-refractivity contribution < 1.29 is 0 Å². The van der Waals surface area contributed by atoms with E-state index in [9.17, 15) is 0 Å². The third kappa shape index (κ3) is 2.46. The molecule has 2 heterocycles. The molecule has 0 saturated heterocycles. The van der Waals surface area contributed by atoms with Gasteiger partial charge in [0.05, 0.1) is 5.69 Å². The maximum absolute atomic E-state index is 4.98. The van der Waals surface area contributed by atoms with Crippen LogP contribution in [0.3, 0.4) is 0 Å². The Morgan fingerprint density at radius 1 is 1.46 bits per heavy atom. The van der Waals surface area contributed by atoms with E-state index in [2.05, 4.69) is 9.97 Å². The van der Waals surface area contributed by atoms with Crippen LogP contribution in [0.1, 0.15) is 0 Å². The topological polar surface area (TPSA) is 28.7 Å². The fraction of sp³-hybridized carbons (Fsp3) is 0. The van der Waals surface area contributed by atoms with Gasteiger partial charge in [0.15, 0.2) is 3.95 Å². The minimum atomic E-state index is 0. The molecule has 0 spiro atoms. The van der Waals surface area contributed by atoms with Crippen LogP contribution in [0.2, 0.25) is 0 Å². The fourth-order valence-electron chi connectivity index (χ4n) is 0.944. The molecule has 5 heteroatoms. The van der Waals surface area contributed by atoms with Crippen LogP contribution in [0.15, 0.2) is 29.9 Å². The first kappa shape index (κ1) is 10.6. The lowest BCUT2D eigenvalue weighted by Crippen LogP contribution is -1.77. The van der Waals surface area contributed by atoms with Crippen molar-refractivity contribution in [3.63, 3.8) is 0 Å². The summed E-state index contributed by atoms with van der Waals surface area (Å²) in [5.41, 5.74) is 2.11. The molecule has 0 aliphatic heterocycles. The molecule has 0 aliphatic rings. The normalized spacial score (nSPS) is 9.23. The molecule has 68 valence electrons. The van der Waals surface area contributed by atoms with Crippen molar-refractivity contribution in [2.45, 2.75) is 0 Å². The van der Waals surface area contributed by atoms with E-state index in [0.29, 0.717) is 0 Å². The molecular weight excluding hydrogens is 268 g/mol. The fourth-order valence-corrected chi connectivity index (χ4v) is 1.79. The van der Waals surface area contributed by atoms with E-state index in [1.165, 1.54) is 11.3 Å². The maximum Gasteiger partial charge on any atom is 0.158 e. The number of thiazole rings is 1. The third-order valence-corrected chi connectivity index (χ3v) is 2.55. The third-order valence-electron chi connectivity index (χ3n) is 1.49. The second-order valence-electron chi connectivity index (χ2n) is 2.30. The molecule has 0 atom stereocenters. The average Bonchev–Trinajstić information content (AvgIpc) is 2.54. The van der Waals surface area contributed by atoms with Crippen LogP contribution < -0.4 is 0 Å². The summed E-state index contributed by atoms with van der Waals surface area (Å²) in [6.45, 7) is 0. The number of hydrogen-bond acceptors (Lipinski definition) is 3. The quantitative estimate of drug-likeness (QED) is 0.807. The molecule has 0 aliphatic carbocycles. The van der Waals surface area contributed by atoms with Crippen molar-refractivity contribution in [2.75, 3.05) is 0 Å². The largest absolute Gasteiger partial charge is 0.337 e. The summed E-state index contributed by atoms with van der Waals surface area (Å²) in [7, 11) is 0. The number of H-pyrrole nitrogens is 1. The molecule has 0 amide bonds. The summed E-state index contributed by atoms with van der Waals surface area (Å²) in [5.74, 6) is 0. The van der Waals surface area contributed by atoms with Gasteiger partial charge in [0.2, 0.25) is 0 Å². The van der Waals surface area contributed by atoms with Gasteiger partial charge in [0.1, 0.15) is 0 Å². The molecule has 13 heavy (non-hydrogen) atoms. The Balaban J connectivity index is 0.000000845. The minimum Gasteiger partial charge on any atom is -0.337 e. The van der Waals surface area contributed by atoms with Gasteiger partial charge in [-0.1, -0.05) is 0 Å². The van der Waals surface area contributed by atoms with Crippen LogP contribution >= 0.6 is 40.5 Å². The molecule has 0 aromatic carbocycles. The Morgan fingerprint density at radius 3 is 2.85 bits per heavy atom. The highest BCUT2D eigenvalue weighted by atomic mass is 79.9. The van der Waals surface area contributed by atoms with Gasteiger partial charge >= 0.3 is 0 Å². The van der Waals surface area contributed by atoms with E-state index in [4.69, 9.17) is 12.2 Å². The molecule has 0 saturated carbocycles. The van der Waals surface area contributed by atoms with Crippen LogP contribution in [0, 0.1) is 3.95 Å². The Kier molecular flexibility index (Phi) is 3.77. The maximum atomic E-state index is 4.98. The van der Waals surface area contributed by atoms with Gasteiger partial charge in [0.25, 0.3) is 0 Å². The number of pyridine rings is 1. The van der Waals surface area contributed by atoms with Crippen LogP contribution in [0.4, 0.5) is 0 Å². The Morgan fingerprint density at radius 2 is 2.31 bits per heavy atom. The van der Waals surface area contributed by atoms with Crippen molar-refractivity contribution in [2.24, 2.45) is 0 Å². The molecule has 1 N–H and O–H groups in total. The lowest BCUT2D eigenvalue weighted by Gasteiger charge is -1.92. The summed E-state index contributed by atoms with van der Waals surface area (Å²) in [5, 5.41) is 2.00. The SMILES string of the molecule is Br.S=c1[nH]c(-c2cccnc2)cs1. The van der Waals surface area contributed by atoms with E-state index in [1.54, 1.807) is 6.20 Å². The summed E-state index contributed by atoms with van der Waals surface area (Å²) in [6, 6.07) is 3.91. The number of halogens is 1. The number of nitrogens with one attached hydrogen (secondary N) is 1. The lowest BCUT2D eigenvalue weighted by molar-refractivity contribution is 1.30. The Hall–Kier alpha value is -0.520. The standard InChI is InChI=1S/C8H6N2S2.BrH/c11-8-10-7(5-12-8)6-2-1-3-9-4-6;/h1-5H,(H,10,11);1H. The molecule has 0 unspecified atom stereocenters. The first-order valence-corrected chi connectivity index (χ1v) is 4.73. The Labute approximate surface area is 95.4 Å². The predicted octanol–water partition coefficient (Wildman–Crippen LogP) is 3.45. The van der Waals surface area contributed by atoms with Gasteiger partial charge in [-0.15, -0.1) is 28.3 Å². The van der Waals surface area contributed by atoms with Crippen LogP contribution in [-0.2, 0) is 0 Å². The summed E-state index contributed by atoms with van der Waals surface area (Å²) in [6.07, 6.45) is 3.57. The lowest BCUT2D eigenvalue weighted by atomic mass is 10.2. The zero-order chi connectivity index (χ0) is 8.39. The molecule has 0 bridgehead atoms. The van der Waals surface area contributed by atoms with E-state index in [0.717, 1.165) is 15.2 Å². The van der Waals surface area contributed by atoms with Crippen molar-refractivity contribution in [1.29, 1.82) is 0 Å². The van der Waals surface area contributed by atoms with E-state index in [1.807, 2.05) is 23.7 Å². The number of aromatic amines is 1. The molecule has 0 radical (unpaired) electrons. The summed E-state index contributed by atoms with van der Waals surface area (Å²) >= 11 is 6.51. The van der Waals surface area contributed by atoms with Gasteiger partial charge in [-0.25, -0.2) is 0 Å². The second kappa shape index (κ2) is 4.64. The van der Waals surface area contributed by atoms with Crippen LogP contribution in [0.5, 0.6) is 0 Å². The van der Waals surface area contributed by atoms with E-state index >= 15 is 0 Å². The summed E-state index contributed by atoms with van der Waals surface area (Å²) in [4.78, 5) is 7.11. The van der Waals surface area contributed by atoms with Crippen LogP contribution in [-0.4, -0.2) is 9.97 Å². The number of nitrogens with zero attached hydrogens (tertiary/aromatic N) is 1. The minimum absolute atomic E-state index is 0. The van der Waals surface area contributed by atoms with Gasteiger partial charge in [-0.2, -0.15) is 0 Å².